The molecule has 1 atom stereocenters. The zero-order chi connectivity index (χ0) is 17.8. The molecule has 0 aliphatic heterocycles. The summed E-state index contributed by atoms with van der Waals surface area (Å²) in [4.78, 5) is 12.7. The van der Waals surface area contributed by atoms with Crippen molar-refractivity contribution in [3.8, 4) is 0 Å². The van der Waals surface area contributed by atoms with Gasteiger partial charge in [0.2, 0.25) is 5.91 Å². The standard InChI is InChI=1S/C19H19FN2O2S/c1-22-9-8-13-10-14(2-7-17(13)22)18(23)11-21-19(24)12-25-16-5-3-15(20)4-6-16/h2-10,18,23H,11-12H2,1H3,(H,21,24). The number of halogens is 1. The number of rotatable bonds is 6. The molecule has 0 bridgehead atoms. The van der Waals surface area contributed by atoms with Crippen molar-refractivity contribution in [2.75, 3.05) is 12.3 Å². The molecule has 2 N–H and O–H groups in total. The van der Waals surface area contributed by atoms with Gasteiger partial charge in [-0.1, -0.05) is 6.07 Å². The lowest BCUT2D eigenvalue weighted by molar-refractivity contribution is -0.119. The SMILES string of the molecule is Cn1ccc2cc(C(O)CNC(=O)CSc3ccc(F)cc3)ccc21. The van der Waals surface area contributed by atoms with Crippen LogP contribution in [-0.4, -0.2) is 27.9 Å². The van der Waals surface area contributed by atoms with E-state index < -0.39 is 6.10 Å². The largest absolute Gasteiger partial charge is 0.387 e. The lowest BCUT2D eigenvalue weighted by atomic mass is 10.1. The molecule has 1 heterocycles. The van der Waals surface area contributed by atoms with Crippen molar-refractivity contribution in [1.82, 2.24) is 9.88 Å². The predicted octanol–water partition coefficient (Wildman–Crippen LogP) is 3.26. The van der Waals surface area contributed by atoms with Gasteiger partial charge in [0.15, 0.2) is 0 Å². The smallest absolute Gasteiger partial charge is 0.230 e. The van der Waals surface area contributed by atoms with Crippen molar-refractivity contribution in [3.05, 3.63) is 66.1 Å². The molecule has 3 rings (SSSR count). The molecular weight excluding hydrogens is 339 g/mol. The molecule has 0 fully saturated rings. The van der Waals surface area contributed by atoms with Gasteiger partial charge in [0, 0.05) is 30.2 Å². The number of nitrogens with one attached hydrogen (secondary N) is 1. The first kappa shape index (κ1) is 17.5. The molecule has 1 amide bonds. The van der Waals surface area contributed by atoms with Crippen LogP contribution in [0.2, 0.25) is 0 Å². The minimum absolute atomic E-state index is 0.154. The van der Waals surface area contributed by atoms with Gasteiger partial charge in [0.1, 0.15) is 5.82 Å². The summed E-state index contributed by atoms with van der Waals surface area (Å²) in [6, 6.07) is 13.7. The van der Waals surface area contributed by atoms with Crippen molar-refractivity contribution >= 4 is 28.6 Å². The summed E-state index contributed by atoms with van der Waals surface area (Å²) in [5.74, 6) is -0.253. The second kappa shape index (κ2) is 7.72. The van der Waals surface area contributed by atoms with E-state index in [1.165, 1.54) is 23.9 Å². The van der Waals surface area contributed by atoms with Crippen LogP contribution in [0.25, 0.3) is 10.9 Å². The van der Waals surface area contributed by atoms with Gasteiger partial charge in [-0.25, -0.2) is 4.39 Å². The van der Waals surface area contributed by atoms with Gasteiger partial charge in [-0.15, -0.1) is 11.8 Å². The van der Waals surface area contributed by atoms with Crippen LogP contribution < -0.4 is 5.32 Å². The topological polar surface area (TPSA) is 54.3 Å². The van der Waals surface area contributed by atoms with Crippen molar-refractivity contribution in [2.45, 2.75) is 11.0 Å². The Bertz CT molecular complexity index is 877. The van der Waals surface area contributed by atoms with Gasteiger partial charge < -0.3 is 15.0 Å². The summed E-state index contributed by atoms with van der Waals surface area (Å²) in [5, 5.41) is 14.1. The summed E-state index contributed by atoms with van der Waals surface area (Å²) in [5.41, 5.74) is 1.86. The fraction of sp³-hybridized carbons (Fsp3) is 0.211. The van der Waals surface area contributed by atoms with Gasteiger partial charge >= 0.3 is 0 Å². The third kappa shape index (κ3) is 4.41. The van der Waals surface area contributed by atoms with Crippen LogP contribution in [0.5, 0.6) is 0 Å². The number of thioether (sulfide) groups is 1. The first-order chi connectivity index (χ1) is 12.0. The molecule has 0 saturated heterocycles. The second-order valence-corrected chi connectivity index (χ2v) is 6.86. The lowest BCUT2D eigenvalue weighted by Crippen LogP contribution is -2.29. The van der Waals surface area contributed by atoms with Crippen LogP contribution in [0.4, 0.5) is 4.39 Å². The second-order valence-electron chi connectivity index (χ2n) is 5.81. The average Bonchev–Trinajstić information content (AvgIpc) is 2.99. The number of amides is 1. The third-order valence-electron chi connectivity index (χ3n) is 3.97. The Labute approximate surface area is 149 Å². The highest BCUT2D eigenvalue weighted by atomic mass is 32.2. The van der Waals surface area contributed by atoms with Crippen molar-refractivity contribution < 1.29 is 14.3 Å². The Morgan fingerprint density at radius 2 is 2.00 bits per heavy atom. The van der Waals surface area contributed by atoms with E-state index in [0.717, 1.165) is 21.4 Å². The minimum Gasteiger partial charge on any atom is -0.387 e. The number of aromatic nitrogens is 1. The van der Waals surface area contributed by atoms with Crippen molar-refractivity contribution in [2.24, 2.45) is 7.05 Å². The first-order valence-electron chi connectivity index (χ1n) is 7.91. The summed E-state index contributed by atoms with van der Waals surface area (Å²) in [6.45, 7) is 0.154. The molecule has 130 valence electrons. The fourth-order valence-electron chi connectivity index (χ4n) is 2.57. The van der Waals surface area contributed by atoms with Gasteiger partial charge in [0.25, 0.3) is 0 Å². The zero-order valence-electron chi connectivity index (χ0n) is 13.8. The number of carbonyl (C=O) groups excluding carboxylic acids is 1. The fourth-order valence-corrected chi connectivity index (χ4v) is 3.29. The van der Waals surface area contributed by atoms with E-state index in [0.29, 0.717) is 0 Å². The van der Waals surface area contributed by atoms with Gasteiger partial charge in [-0.2, -0.15) is 0 Å². The van der Waals surface area contributed by atoms with Gasteiger partial charge in [-0.05, 0) is 53.4 Å². The van der Waals surface area contributed by atoms with Gasteiger partial charge in [0.05, 0.1) is 11.9 Å². The summed E-state index contributed by atoms with van der Waals surface area (Å²) in [6.07, 6.45) is 1.21. The number of carbonyl (C=O) groups is 1. The normalized spacial score (nSPS) is 12.3. The van der Waals surface area contributed by atoms with Crippen LogP contribution in [0, 0.1) is 5.82 Å². The number of benzene rings is 2. The van der Waals surface area contributed by atoms with Crippen molar-refractivity contribution in [1.29, 1.82) is 0 Å². The van der Waals surface area contributed by atoms with E-state index >= 15 is 0 Å². The van der Waals surface area contributed by atoms with E-state index in [1.807, 2.05) is 42.1 Å². The predicted molar refractivity (Wildman–Crippen MR) is 98.0 cm³/mol. The average molecular weight is 358 g/mol. The van der Waals surface area contributed by atoms with Gasteiger partial charge in [-0.3, -0.25) is 4.79 Å². The molecule has 25 heavy (non-hydrogen) atoms. The molecule has 1 aromatic heterocycles. The number of hydrogen-bond donors (Lipinski definition) is 2. The minimum atomic E-state index is -0.760. The first-order valence-corrected chi connectivity index (χ1v) is 8.89. The quantitative estimate of drug-likeness (QED) is 0.665. The van der Waals surface area contributed by atoms with Crippen LogP contribution in [-0.2, 0) is 11.8 Å². The Kier molecular flexibility index (Phi) is 5.40. The Morgan fingerprint density at radius 3 is 2.76 bits per heavy atom. The molecule has 0 spiro atoms. The summed E-state index contributed by atoms with van der Waals surface area (Å²) >= 11 is 1.33. The summed E-state index contributed by atoms with van der Waals surface area (Å²) < 4.78 is 14.9. The number of aliphatic hydroxyl groups is 1. The monoisotopic (exact) mass is 358 g/mol. The van der Waals surface area contributed by atoms with E-state index in [-0.39, 0.29) is 24.0 Å². The lowest BCUT2D eigenvalue weighted by Gasteiger charge is -2.13. The van der Waals surface area contributed by atoms with E-state index in [1.54, 1.807) is 12.1 Å². The third-order valence-corrected chi connectivity index (χ3v) is 4.98. The number of aryl methyl sites for hydroxylation is 1. The molecular formula is C19H19FN2O2S. The highest BCUT2D eigenvalue weighted by Crippen LogP contribution is 2.21. The molecule has 1 unspecified atom stereocenters. The Hall–Kier alpha value is -2.31. The molecule has 6 heteroatoms. The van der Waals surface area contributed by atoms with E-state index in [4.69, 9.17) is 0 Å². The highest BCUT2D eigenvalue weighted by molar-refractivity contribution is 8.00. The number of fused-ring (bicyclic) bond motifs is 1. The zero-order valence-corrected chi connectivity index (χ0v) is 14.6. The maximum absolute atomic E-state index is 12.8. The summed E-state index contributed by atoms with van der Waals surface area (Å²) in [7, 11) is 1.97. The van der Waals surface area contributed by atoms with Crippen LogP contribution in [0.15, 0.2) is 59.6 Å². The number of nitrogens with zero attached hydrogens (tertiary/aromatic N) is 1. The van der Waals surface area contributed by atoms with Crippen LogP contribution in [0.1, 0.15) is 11.7 Å². The number of hydrogen-bond acceptors (Lipinski definition) is 3. The van der Waals surface area contributed by atoms with Crippen LogP contribution in [0.3, 0.4) is 0 Å². The van der Waals surface area contributed by atoms with E-state index in [2.05, 4.69) is 5.32 Å². The number of aliphatic hydroxyl groups excluding tert-OH is 1. The molecule has 0 saturated carbocycles. The highest BCUT2D eigenvalue weighted by Gasteiger charge is 2.11. The molecule has 4 nitrogen and oxygen atoms in total. The van der Waals surface area contributed by atoms with Crippen molar-refractivity contribution in [3.63, 3.8) is 0 Å². The molecule has 0 aliphatic rings. The molecule has 3 aromatic rings. The van der Waals surface area contributed by atoms with Crippen LogP contribution >= 0.6 is 11.8 Å². The molecule has 0 aliphatic carbocycles. The Balaban J connectivity index is 1.51. The molecule has 2 aromatic carbocycles. The Morgan fingerprint density at radius 1 is 1.24 bits per heavy atom. The van der Waals surface area contributed by atoms with E-state index in [9.17, 15) is 14.3 Å². The molecule has 0 radical (unpaired) electrons. The maximum Gasteiger partial charge on any atom is 0.230 e. The maximum atomic E-state index is 12.8.